The number of nitrogens with one attached hydrogen (secondary N) is 1. The van der Waals surface area contributed by atoms with Crippen LogP contribution >= 0.6 is 26.6 Å². The van der Waals surface area contributed by atoms with E-state index in [1.807, 2.05) is 0 Å². The number of nitrogens with zero attached hydrogens (tertiary/aromatic N) is 1. The van der Waals surface area contributed by atoms with E-state index in [9.17, 15) is 13.2 Å². The van der Waals surface area contributed by atoms with E-state index < -0.39 is 9.05 Å². The van der Waals surface area contributed by atoms with Crippen LogP contribution < -0.4 is 0 Å². The summed E-state index contributed by atoms with van der Waals surface area (Å²) < 4.78 is 22.3. The van der Waals surface area contributed by atoms with Gasteiger partial charge in [0.15, 0.2) is 5.03 Å². The zero-order valence-electron chi connectivity index (χ0n) is 7.91. The number of aromatic nitrogens is 1. The first-order valence-corrected chi connectivity index (χ1v) is 6.88. The van der Waals surface area contributed by atoms with E-state index in [4.69, 9.17) is 10.7 Å². The lowest BCUT2D eigenvalue weighted by Gasteiger charge is -2.07. The Labute approximate surface area is 100.0 Å². The normalized spacial score (nSPS) is 11.5. The molecule has 0 fully saturated rings. The topological polar surface area (TPSA) is 70.2 Å². The van der Waals surface area contributed by atoms with E-state index >= 15 is 0 Å². The second-order valence-corrected chi connectivity index (χ2v) is 6.35. The molecule has 1 heterocycles. The highest BCUT2D eigenvalue weighted by molar-refractivity contribution is 9.10. The fraction of sp³-hybridized carbons (Fsp3) is 0.286. The summed E-state index contributed by atoms with van der Waals surface area (Å²) in [7, 11) is 4.40. The fourth-order valence-corrected chi connectivity index (χ4v) is 3.08. The van der Waals surface area contributed by atoms with Gasteiger partial charge in [0.1, 0.15) is 5.69 Å². The number of amides is 1. The van der Waals surface area contributed by atoms with Gasteiger partial charge in [0.2, 0.25) is 0 Å². The summed E-state index contributed by atoms with van der Waals surface area (Å²) in [4.78, 5) is 15.2. The fourth-order valence-electron chi connectivity index (χ4n) is 0.944. The smallest absolute Gasteiger partial charge is 0.277 e. The van der Waals surface area contributed by atoms with Crippen LogP contribution in [0, 0.1) is 0 Å². The average molecular weight is 316 g/mol. The molecule has 15 heavy (non-hydrogen) atoms. The van der Waals surface area contributed by atoms with Crippen LogP contribution in [-0.2, 0) is 9.05 Å². The summed E-state index contributed by atoms with van der Waals surface area (Å²) in [5.41, 5.74) is 0.158. The molecule has 0 atom stereocenters. The maximum atomic E-state index is 11.5. The third kappa shape index (κ3) is 2.73. The minimum absolute atomic E-state index is 0.158. The van der Waals surface area contributed by atoms with Crippen LogP contribution in [0.3, 0.4) is 0 Å². The second kappa shape index (κ2) is 4.15. The monoisotopic (exact) mass is 314 g/mol. The van der Waals surface area contributed by atoms with Gasteiger partial charge in [0, 0.05) is 24.8 Å². The number of aromatic amines is 1. The SMILES string of the molecule is CN(C)C(=O)c1cc(Br)c(S(=O)(=O)Cl)[nH]1. The number of hydrogen-bond acceptors (Lipinski definition) is 3. The van der Waals surface area contributed by atoms with E-state index in [0.717, 1.165) is 0 Å². The molecule has 1 amide bonds. The van der Waals surface area contributed by atoms with Crippen molar-refractivity contribution in [2.45, 2.75) is 5.03 Å². The molecule has 0 aromatic carbocycles. The van der Waals surface area contributed by atoms with Gasteiger partial charge in [-0.25, -0.2) is 8.42 Å². The highest BCUT2D eigenvalue weighted by atomic mass is 79.9. The summed E-state index contributed by atoms with van der Waals surface area (Å²) in [6, 6.07) is 1.37. The molecular weight excluding hydrogens is 308 g/mol. The molecule has 0 bridgehead atoms. The van der Waals surface area contributed by atoms with Gasteiger partial charge in [-0.1, -0.05) is 0 Å². The molecule has 1 N–H and O–H groups in total. The number of carbonyl (C=O) groups is 1. The molecule has 8 heteroatoms. The highest BCUT2D eigenvalue weighted by Crippen LogP contribution is 2.25. The molecular formula is C7H8BrClN2O3S. The van der Waals surface area contributed by atoms with E-state index in [2.05, 4.69) is 20.9 Å². The van der Waals surface area contributed by atoms with Gasteiger partial charge >= 0.3 is 0 Å². The lowest BCUT2D eigenvalue weighted by molar-refractivity contribution is 0.0822. The van der Waals surface area contributed by atoms with E-state index in [1.165, 1.54) is 11.0 Å². The van der Waals surface area contributed by atoms with Crippen LogP contribution in [0.15, 0.2) is 15.6 Å². The van der Waals surface area contributed by atoms with Crippen molar-refractivity contribution in [1.29, 1.82) is 0 Å². The number of hydrogen-bond donors (Lipinski definition) is 1. The van der Waals surface area contributed by atoms with Gasteiger partial charge in [-0.15, -0.1) is 0 Å². The van der Waals surface area contributed by atoms with Crippen LogP contribution in [0.4, 0.5) is 0 Å². The van der Waals surface area contributed by atoms with Crippen LogP contribution in [0.25, 0.3) is 0 Å². The maximum Gasteiger partial charge on any atom is 0.277 e. The standard InChI is InChI=1S/C7H8BrClN2O3S/c1-11(2)7(12)5-3-4(8)6(10-5)15(9,13)14/h3,10H,1-2H3. The van der Waals surface area contributed by atoms with Crippen LogP contribution in [0.5, 0.6) is 0 Å². The van der Waals surface area contributed by atoms with Crippen molar-refractivity contribution in [3.63, 3.8) is 0 Å². The van der Waals surface area contributed by atoms with E-state index in [-0.39, 0.29) is 21.1 Å². The van der Waals surface area contributed by atoms with E-state index in [0.29, 0.717) is 0 Å². The van der Waals surface area contributed by atoms with Gasteiger partial charge in [-0.05, 0) is 22.0 Å². The van der Waals surface area contributed by atoms with Crippen molar-refractivity contribution in [2.75, 3.05) is 14.1 Å². The first kappa shape index (κ1) is 12.5. The molecule has 0 unspecified atom stereocenters. The van der Waals surface area contributed by atoms with Crippen LogP contribution in [0.1, 0.15) is 10.5 Å². The molecule has 1 aromatic rings. The Kier molecular flexibility index (Phi) is 3.47. The molecule has 5 nitrogen and oxygen atoms in total. The lowest BCUT2D eigenvalue weighted by atomic mass is 10.4. The zero-order valence-corrected chi connectivity index (χ0v) is 11.1. The summed E-state index contributed by atoms with van der Waals surface area (Å²) in [5, 5.41) is -0.214. The van der Waals surface area contributed by atoms with Crippen molar-refractivity contribution in [3.05, 3.63) is 16.2 Å². The molecule has 0 aliphatic heterocycles. The third-order valence-corrected chi connectivity index (χ3v) is 3.78. The summed E-state index contributed by atoms with van der Waals surface area (Å²) in [6.07, 6.45) is 0. The molecule has 0 aliphatic carbocycles. The molecule has 0 spiro atoms. The third-order valence-electron chi connectivity index (χ3n) is 1.62. The second-order valence-electron chi connectivity index (χ2n) is 3.00. The summed E-state index contributed by atoms with van der Waals surface area (Å²) in [5.74, 6) is -0.331. The minimum Gasteiger partial charge on any atom is -0.344 e. The van der Waals surface area contributed by atoms with Crippen LogP contribution in [-0.4, -0.2) is 38.3 Å². The predicted octanol–water partition coefficient (Wildman–Crippen LogP) is 1.41. The van der Waals surface area contributed by atoms with Gasteiger partial charge in [-0.3, -0.25) is 4.79 Å². The Morgan fingerprint density at radius 3 is 2.40 bits per heavy atom. The van der Waals surface area contributed by atoms with E-state index in [1.54, 1.807) is 14.1 Å². The largest absolute Gasteiger partial charge is 0.344 e. The molecule has 0 radical (unpaired) electrons. The number of carbonyl (C=O) groups excluding carboxylic acids is 1. The number of H-pyrrole nitrogens is 1. The maximum absolute atomic E-state index is 11.5. The van der Waals surface area contributed by atoms with Gasteiger partial charge in [0.25, 0.3) is 15.0 Å². The Bertz CT molecular complexity index is 494. The van der Waals surface area contributed by atoms with Crippen LogP contribution in [0.2, 0.25) is 0 Å². The molecule has 0 saturated heterocycles. The number of halogens is 2. The quantitative estimate of drug-likeness (QED) is 0.839. The average Bonchev–Trinajstić information content (AvgIpc) is 2.44. The number of rotatable bonds is 2. The molecule has 0 saturated carbocycles. The Hall–Kier alpha value is -0.530. The first-order chi connectivity index (χ1) is 6.73. The summed E-state index contributed by atoms with van der Waals surface area (Å²) >= 11 is 3.00. The molecule has 84 valence electrons. The van der Waals surface area contributed by atoms with Crippen molar-refractivity contribution >= 4 is 41.6 Å². The Morgan fingerprint density at radius 1 is 1.53 bits per heavy atom. The Morgan fingerprint density at radius 2 is 2.07 bits per heavy atom. The molecule has 1 rings (SSSR count). The Balaban J connectivity index is 3.24. The van der Waals surface area contributed by atoms with Gasteiger partial charge in [0.05, 0.1) is 4.47 Å². The molecule has 1 aromatic heterocycles. The van der Waals surface area contributed by atoms with Gasteiger partial charge < -0.3 is 9.88 Å². The van der Waals surface area contributed by atoms with Crippen molar-refractivity contribution in [2.24, 2.45) is 0 Å². The predicted molar refractivity (Wildman–Crippen MR) is 59.5 cm³/mol. The molecule has 0 aliphatic rings. The lowest BCUT2D eigenvalue weighted by Crippen LogP contribution is -2.22. The van der Waals surface area contributed by atoms with Gasteiger partial charge in [-0.2, -0.15) is 0 Å². The highest BCUT2D eigenvalue weighted by Gasteiger charge is 2.21. The minimum atomic E-state index is -3.87. The van der Waals surface area contributed by atoms with Crippen molar-refractivity contribution in [1.82, 2.24) is 9.88 Å². The van der Waals surface area contributed by atoms with Crippen molar-refractivity contribution < 1.29 is 13.2 Å². The first-order valence-electron chi connectivity index (χ1n) is 3.78. The zero-order chi connectivity index (χ0) is 11.8. The van der Waals surface area contributed by atoms with Crippen molar-refractivity contribution in [3.8, 4) is 0 Å². The summed E-state index contributed by atoms with van der Waals surface area (Å²) in [6.45, 7) is 0.